The lowest BCUT2D eigenvalue weighted by Crippen LogP contribution is -2.46. The van der Waals surface area contributed by atoms with Crippen LogP contribution < -0.4 is 10.1 Å². The van der Waals surface area contributed by atoms with Gasteiger partial charge in [0.05, 0.1) is 31.6 Å². The van der Waals surface area contributed by atoms with Crippen LogP contribution >= 0.6 is 0 Å². The number of carbonyl (C=O) groups is 1. The average Bonchev–Trinajstić information content (AvgIpc) is 2.96. The monoisotopic (exact) mass is 422 g/mol. The molecule has 1 atom stereocenters. The van der Waals surface area contributed by atoms with Gasteiger partial charge in [0.2, 0.25) is 0 Å². The van der Waals surface area contributed by atoms with E-state index in [0.29, 0.717) is 31.3 Å². The number of methoxy groups -OCH3 is 1. The number of urea groups is 1. The minimum atomic E-state index is -0.501. The Kier molecular flexibility index (Phi) is 6.08. The van der Waals surface area contributed by atoms with Gasteiger partial charge in [0.15, 0.2) is 11.6 Å². The number of anilines is 1. The van der Waals surface area contributed by atoms with Gasteiger partial charge in [-0.25, -0.2) is 19.2 Å². The van der Waals surface area contributed by atoms with Crippen LogP contribution in [0, 0.1) is 12.7 Å². The first-order valence-electron chi connectivity index (χ1n) is 9.91. The van der Waals surface area contributed by atoms with Crippen LogP contribution in [-0.2, 0) is 11.3 Å². The molecule has 0 fully saturated rings. The third-order valence-electron chi connectivity index (χ3n) is 5.16. The SMILES string of the molecule is COCC1COc2ccccc2CN1C(=O)Nc1ccc(C)c(-c2ncc(F)cn2)c1. The molecule has 1 aliphatic heterocycles. The molecule has 0 saturated heterocycles. The van der Waals surface area contributed by atoms with Crippen LogP contribution in [0.15, 0.2) is 54.9 Å². The number of ether oxygens (including phenoxy) is 2. The van der Waals surface area contributed by atoms with Gasteiger partial charge in [-0.3, -0.25) is 0 Å². The van der Waals surface area contributed by atoms with E-state index >= 15 is 0 Å². The molecule has 0 radical (unpaired) electrons. The molecule has 0 spiro atoms. The standard InChI is InChI=1S/C23H23FN4O3/c1-15-7-8-18(9-20(15)22-25-10-17(24)11-26-22)27-23(29)28-12-16-5-3-4-6-21(16)31-14-19(28)13-30-2/h3-11,19H,12-14H2,1-2H3,(H,27,29). The molecule has 0 saturated carbocycles. The molecule has 2 aromatic carbocycles. The lowest BCUT2D eigenvalue weighted by molar-refractivity contribution is 0.0842. The second-order valence-electron chi connectivity index (χ2n) is 7.34. The van der Waals surface area contributed by atoms with Gasteiger partial charge in [-0.15, -0.1) is 0 Å². The predicted octanol–water partition coefficient (Wildman–Crippen LogP) is 4.03. The number of aromatic nitrogens is 2. The summed E-state index contributed by atoms with van der Waals surface area (Å²) in [5.41, 5.74) is 3.16. The average molecular weight is 422 g/mol. The molecule has 1 N–H and O–H groups in total. The summed E-state index contributed by atoms with van der Waals surface area (Å²) < 4.78 is 24.4. The Balaban J connectivity index is 1.58. The first kappa shape index (κ1) is 20.7. The smallest absolute Gasteiger partial charge is 0.322 e. The quantitative estimate of drug-likeness (QED) is 0.687. The second kappa shape index (κ2) is 9.09. The minimum absolute atomic E-state index is 0.247. The van der Waals surface area contributed by atoms with E-state index in [4.69, 9.17) is 9.47 Å². The Bertz CT molecular complexity index is 1070. The van der Waals surface area contributed by atoms with Crippen molar-refractivity contribution in [2.75, 3.05) is 25.6 Å². The van der Waals surface area contributed by atoms with Gasteiger partial charge in [-0.1, -0.05) is 24.3 Å². The fourth-order valence-corrected chi connectivity index (χ4v) is 3.52. The van der Waals surface area contributed by atoms with E-state index in [1.807, 2.05) is 43.3 Å². The number of halogens is 1. The number of aryl methyl sites for hydroxylation is 1. The zero-order valence-corrected chi connectivity index (χ0v) is 17.3. The third-order valence-corrected chi connectivity index (χ3v) is 5.16. The molecule has 1 aromatic heterocycles. The van der Waals surface area contributed by atoms with Crippen LogP contribution in [0.25, 0.3) is 11.4 Å². The van der Waals surface area contributed by atoms with Gasteiger partial charge >= 0.3 is 6.03 Å². The number of rotatable bonds is 4. The summed E-state index contributed by atoms with van der Waals surface area (Å²) in [5, 5.41) is 2.95. The molecular weight excluding hydrogens is 399 g/mol. The van der Waals surface area contributed by atoms with E-state index in [1.165, 1.54) is 0 Å². The highest BCUT2D eigenvalue weighted by Gasteiger charge is 2.29. The number of amides is 2. The Morgan fingerprint density at radius 2 is 2.03 bits per heavy atom. The van der Waals surface area contributed by atoms with Gasteiger partial charge in [0.1, 0.15) is 12.4 Å². The summed E-state index contributed by atoms with van der Waals surface area (Å²) in [4.78, 5) is 23.0. The van der Waals surface area contributed by atoms with Crippen LogP contribution in [0.1, 0.15) is 11.1 Å². The van der Waals surface area contributed by atoms with Crippen LogP contribution in [0.2, 0.25) is 0 Å². The van der Waals surface area contributed by atoms with E-state index in [0.717, 1.165) is 34.8 Å². The number of fused-ring (bicyclic) bond motifs is 1. The summed E-state index contributed by atoms with van der Waals surface area (Å²) in [7, 11) is 1.60. The van der Waals surface area contributed by atoms with Gasteiger partial charge in [0.25, 0.3) is 0 Å². The largest absolute Gasteiger partial charge is 0.491 e. The molecule has 1 aliphatic rings. The highest BCUT2D eigenvalue weighted by atomic mass is 19.1. The summed E-state index contributed by atoms with van der Waals surface area (Å²) in [5.74, 6) is 0.660. The molecule has 4 rings (SSSR count). The van der Waals surface area contributed by atoms with E-state index < -0.39 is 5.82 Å². The summed E-state index contributed by atoms with van der Waals surface area (Å²) in [6, 6.07) is 12.6. The molecule has 160 valence electrons. The predicted molar refractivity (Wildman–Crippen MR) is 114 cm³/mol. The van der Waals surface area contributed by atoms with E-state index in [2.05, 4.69) is 15.3 Å². The molecule has 8 heteroatoms. The normalized spacial score (nSPS) is 15.6. The number of carbonyl (C=O) groups excluding carboxylic acids is 1. The molecule has 7 nitrogen and oxygen atoms in total. The van der Waals surface area contributed by atoms with Crippen molar-refractivity contribution in [3.8, 4) is 17.1 Å². The number of hydrogen-bond acceptors (Lipinski definition) is 5. The number of benzene rings is 2. The second-order valence-corrected chi connectivity index (χ2v) is 7.34. The van der Waals surface area contributed by atoms with Gasteiger partial charge in [-0.2, -0.15) is 0 Å². The van der Waals surface area contributed by atoms with E-state index in [-0.39, 0.29) is 12.1 Å². The lowest BCUT2D eigenvalue weighted by atomic mass is 10.1. The van der Waals surface area contributed by atoms with E-state index in [1.54, 1.807) is 18.1 Å². The molecular formula is C23H23FN4O3. The molecule has 0 aliphatic carbocycles. The van der Waals surface area contributed by atoms with Crippen molar-refractivity contribution in [3.63, 3.8) is 0 Å². The maximum absolute atomic E-state index is 13.2. The maximum Gasteiger partial charge on any atom is 0.322 e. The van der Waals surface area contributed by atoms with Crippen LogP contribution in [0.4, 0.5) is 14.9 Å². The highest BCUT2D eigenvalue weighted by Crippen LogP contribution is 2.27. The summed E-state index contributed by atoms with van der Waals surface area (Å²) in [6.45, 7) is 2.99. The third kappa shape index (κ3) is 4.64. The number of hydrogen-bond donors (Lipinski definition) is 1. The number of para-hydroxylation sites is 1. The van der Waals surface area contributed by atoms with Crippen molar-refractivity contribution < 1.29 is 18.7 Å². The van der Waals surface area contributed by atoms with Crippen molar-refractivity contribution in [2.24, 2.45) is 0 Å². The number of nitrogens with one attached hydrogen (secondary N) is 1. The minimum Gasteiger partial charge on any atom is -0.491 e. The zero-order chi connectivity index (χ0) is 21.8. The van der Waals surface area contributed by atoms with Crippen molar-refractivity contribution in [1.29, 1.82) is 0 Å². The molecule has 3 aromatic rings. The van der Waals surface area contributed by atoms with Gasteiger partial charge in [-0.05, 0) is 30.7 Å². The van der Waals surface area contributed by atoms with Crippen molar-refractivity contribution in [3.05, 3.63) is 71.8 Å². The maximum atomic E-state index is 13.2. The highest BCUT2D eigenvalue weighted by molar-refractivity contribution is 5.90. The molecule has 1 unspecified atom stereocenters. The van der Waals surface area contributed by atoms with Crippen molar-refractivity contribution in [2.45, 2.75) is 19.5 Å². The van der Waals surface area contributed by atoms with Gasteiger partial charge < -0.3 is 19.7 Å². The van der Waals surface area contributed by atoms with Crippen molar-refractivity contribution in [1.82, 2.24) is 14.9 Å². The van der Waals surface area contributed by atoms with Gasteiger partial charge in [0, 0.05) is 23.9 Å². The molecule has 2 amide bonds. The summed E-state index contributed by atoms with van der Waals surface area (Å²) in [6.07, 6.45) is 2.24. The Morgan fingerprint density at radius 1 is 1.26 bits per heavy atom. The Hall–Kier alpha value is -3.52. The first-order valence-corrected chi connectivity index (χ1v) is 9.91. The molecule has 2 heterocycles. The van der Waals surface area contributed by atoms with Crippen molar-refractivity contribution >= 4 is 11.7 Å². The lowest BCUT2D eigenvalue weighted by Gasteiger charge is -2.29. The van der Waals surface area contributed by atoms with Crippen LogP contribution in [0.3, 0.4) is 0 Å². The van der Waals surface area contributed by atoms with E-state index in [9.17, 15) is 9.18 Å². The fourth-order valence-electron chi connectivity index (χ4n) is 3.52. The first-order chi connectivity index (χ1) is 15.0. The number of nitrogens with zero attached hydrogens (tertiary/aromatic N) is 3. The topological polar surface area (TPSA) is 76.6 Å². The molecule has 31 heavy (non-hydrogen) atoms. The van der Waals surface area contributed by atoms with Crippen LogP contribution in [-0.4, -0.2) is 47.3 Å². The zero-order valence-electron chi connectivity index (χ0n) is 17.3. The fraction of sp³-hybridized carbons (Fsp3) is 0.261. The Morgan fingerprint density at radius 3 is 2.81 bits per heavy atom. The van der Waals surface area contributed by atoms with Crippen LogP contribution in [0.5, 0.6) is 5.75 Å². The molecule has 0 bridgehead atoms. The summed E-state index contributed by atoms with van der Waals surface area (Å²) >= 11 is 0. The Labute approximate surface area is 179 Å².